The number of halogens is 2. The van der Waals surface area contributed by atoms with E-state index in [2.05, 4.69) is 42.0 Å². The monoisotopic (exact) mass is 528 g/mol. The van der Waals surface area contributed by atoms with Crippen LogP contribution in [0.2, 0.25) is 0 Å². The van der Waals surface area contributed by atoms with Gasteiger partial charge >= 0.3 is 11.8 Å². The third-order valence-corrected chi connectivity index (χ3v) is 4.69. The average Bonchev–Trinajstić information content (AvgIpc) is 3.32. The molecule has 1 amide bonds. The second kappa shape index (κ2) is 10.1. The molecule has 0 saturated heterocycles. The third kappa shape index (κ3) is 6.16. The van der Waals surface area contributed by atoms with Gasteiger partial charge in [-0.2, -0.15) is 0 Å². The Morgan fingerprint density at radius 1 is 1.30 bits per heavy atom. The fraction of sp³-hybridized carbons (Fsp3) is 0.421. The minimum absolute atomic E-state index is 0.0229. The van der Waals surface area contributed by atoms with Crippen molar-refractivity contribution in [2.24, 2.45) is 0 Å². The first-order chi connectivity index (χ1) is 15.6. The minimum atomic E-state index is -0.833. The van der Waals surface area contributed by atoms with Crippen molar-refractivity contribution in [2.45, 2.75) is 39.0 Å². The zero-order chi connectivity index (χ0) is 24.2. The molecule has 1 unspecified atom stereocenters. The van der Waals surface area contributed by atoms with Crippen LogP contribution in [0.1, 0.15) is 27.2 Å². The summed E-state index contributed by atoms with van der Waals surface area (Å²) in [6, 6.07) is 3.92. The van der Waals surface area contributed by atoms with Crippen molar-refractivity contribution < 1.29 is 27.8 Å². The topological polar surface area (TPSA) is 147 Å². The lowest BCUT2D eigenvalue weighted by Gasteiger charge is -2.24. The highest BCUT2D eigenvalue weighted by Crippen LogP contribution is 2.26. The van der Waals surface area contributed by atoms with Gasteiger partial charge in [-0.05, 0) is 65.2 Å². The number of carbonyl (C=O) groups is 1. The number of ether oxygens (including phenoxy) is 2. The SMILES string of the molecule is COCCC(NC(=O)OC(C)(C)C)Nc1nonc1-c1noc(=O)n1-c1ccc(F)c(Br)c1. The maximum Gasteiger partial charge on any atom is 0.446 e. The van der Waals surface area contributed by atoms with Gasteiger partial charge in [-0.1, -0.05) is 5.16 Å². The molecule has 33 heavy (non-hydrogen) atoms. The number of benzene rings is 1. The van der Waals surface area contributed by atoms with Crippen LogP contribution in [0, 0.1) is 5.82 Å². The van der Waals surface area contributed by atoms with Crippen LogP contribution in [0.25, 0.3) is 17.2 Å². The summed E-state index contributed by atoms with van der Waals surface area (Å²) in [5.41, 5.74) is -0.410. The molecule has 1 atom stereocenters. The summed E-state index contributed by atoms with van der Waals surface area (Å²) in [5, 5.41) is 17.0. The molecule has 0 spiro atoms. The Morgan fingerprint density at radius 2 is 2.06 bits per heavy atom. The quantitative estimate of drug-likeness (QED) is 0.418. The first-order valence-electron chi connectivity index (χ1n) is 9.71. The Labute approximate surface area is 195 Å². The molecule has 0 radical (unpaired) electrons. The van der Waals surface area contributed by atoms with Crippen LogP contribution in [0.4, 0.5) is 15.0 Å². The number of amides is 1. The van der Waals surface area contributed by atoms with Crippen molar-refractivity contribution in [3.8, 4) is 17.2 Å². The number of aromatic nitrogens is 4. The number of alkyl carbamates (subject to hydrolysis) is 1. The van der Waals surface area contributed by atoms with Crippen molar-refractivity contribution in [3.05, 3.63) is 39.0 Å². The molecule has 2 aromatic heterocycles. The molecule has 0 bridgehead atoms. The van der Waals surface area contributed by atoms with Gasteiger partial charge in [0, 0.05) is 20.1 Å². The van der Waals surface area contributed by atoms with Gasteiger partial charge in [0.1, 0.15) is 17.6 Å². The number of hydrogen-bond acceptors (Lipinski definition) is 10. The number of methoxy groups -OCH3 is 1. The van der Waals surface area contributed by atoms with Crippen LogP contribution >= 0.6 is 15.9 Å². The van der Waals surface area contributed by atoms with E-state index < -0.39 is 29.4 Å². The molecule has 0 aliphatic rings. The Kier molecular flexibility index (Phi) is 7.48. The fourth-order valence-corrected chi connectivity index (χ4v) is 3.08. The highest BCUT2D eigenvalue weighted by Gasteiger charge is 2.26. The summed E-state index contributed by atoms with van der Waals surface area (Å²) in [6.07, 6.45) is -1.03. The molecular formula is C19H22BrFN6O6. The highest BCUT2D eigenvalue weighted by atomic mass is 79.9. The van der Waals surface area contributed by atoms with Crippen LogP contribution in [0.15, 0.2) is 36.6 Å². The van der Waals surface area contributed by atoms with Crippen LogP contribution in [0.5, 0.6) is 0 Å². The molecule has 3 aromatic rings. The second-order valence-corrected chi connectivity index (χ2v) is 8.65. The number of hydrogen-bond donors (Lipinski definition) is 2. The van der Waals surface area contributed by atoms with Crippen molar-refractivity contribution in [2.75, 3.05) is 19.0 Å². The number of anilines is 1. The van der Waals surface area contributed by atoms with E-state index in [0.717, 1.165) is 4.57 Å². The molecule has 0 aliphatic carbocycles. The van der Waals surface area contributed by atoms with Crippen LogP contribution < -0.4 is 16.4 Å². The van der Waals surface area contributed by atoms with E-state index in [1.54, 1.807) is 20.8 Å². The van der Waals surface area contributed by atoms with Gasteiger partial charge in [0.15, 0.2) is 5.69 Å². The van der Waals surface area contributed by atoms with Gasteiger partial charge in [-0.3, -0.25) is 4.52 Å². The average molecular weight is 529 g/mol. The van der Waals surface area contributed by atoms with Gasteiger partial charge < -0.3 is 20.1 Å². The maximum atomic E-state index is 13.7. The lowest BCUT2D eigenvalue weighted by atomic mass is 10.2. The second-order valence-electron chi connectivity index (χ2n) is 7.79. The van der Waals surface area contributed by atoms with E-state index >= 15 is 0 Å². The standard InChI is InChI=1S/C19H22BrFN6O6/c1-19(2,3)31-17(28)23-13(7-8-30-4)22-15-14(24-33-25-15)16-26-32-18(29)27(16)10-5-6-12(21)11(20)9-10/h5-6,9,13H,7-8H2,1-4H3,(H,22,25)(H,23,28). The predicted octanol–water partition coefficient (Wildman–Crippen LogP) is 3.08. The largest absolute Gasteiger partial charge is 0.446 e. The van der Waals surface area contributed by atoms with Crippen LogP contribution in [0.3, 0.4) is 0 Å². The number of nitrogens with zero attached hydrogens (tertiary/aromatic N) is 4. The molecule has 14 heteroatoms. The van der Waals surface area contributed by atoms with Crippen LogP contribution in [-0.2, 0) is 9.47 Å². The summed E-state index contributed by atoms with van der Waals surface area (Å²) in [7, 11) is 1.52. The summed E-state index contributed by atoms with van der Waals surface area (Å²) < 4.78 is 34.9. The van der Waals surface area contributed by atoms with Crippen molar-refractivity contribution in [3.63, 3.8) is 0 Å². The van der Waals surface area contributed by atoms with Gasteiger partial charge in [0.05, 0.1) is 10.2 Å². The highest BCUT2D eigenvalue weighted by molar-refractivity contribution is 9.10. The fourth-order valence-electron chi connectivity index (χ4n) is 2.71. The first-order valence-corrected chi connectivity index (χ1v) is 10.5. The molecule has 178 valence electrons. The molecule has 1 aromatic carbocycles. The van der Waals surface area contributed by atoms with E-state index in [1.165, 1.54) is 25.3 Å². The predicted molar refractivity (Wildman–Crippen MR) is 116 cm³/mol. The Bertz CT molecular complexity index is 1170. The summed E-state index contributed by atoms with van der Waals surface area (Å²) in [6.45, 7) is 5.51. The van der Waals surface area contributed by atoms with E-state index in [1.807, 2.05) is 0 Å². The normalized spacial score (nSPS) is 12.4. The first kappa shape index (κ1) is 24.4. The van der Waals surface area contributed by atoms with E-state index in [4.69, 9.17) is 18.6 Å². The van der Waals surface area contributed by atoms with E-state index in [9.17, 15) is 14.0 Å². The lowest BCUT2D eigenvalue weighted by molar-refractivity contribution is 0.0501. The number of rotatable bonds is 8. The zero-order valence-electron chi connectivity index (χ0n) is 18.2. The molecule has 12 nitrogen and oxygen atoms in total. The number of carbonyl (C=O) groups excluding carboxylic acids is 1. The smallest absolute Gasteiger partial charge is 0.444 e. The number of nitrogens with one attached hydrogen (secondary N) is 2. The van der Waals surface area contributed by atoms with Gasteiger partial charge in [-0.15, -0.1) is 0 Å². The Balaban J connectivity index is 1.90. The summed E-state index contributed by atoms with van der Waals surface area (Å²) >= 11 is 3.08. The van der Waals surface area contributed by atoms with E-state index in [0.29, 0.717) is 13.0 Å². The molecule has 0 saturated carbocycles. The molecule has 2 N–H and O–H groups in total. The lowest BCUT2D eigenvalue weighted by Crippen LogP contribution is -2.44. The van der Waals surface area contributed by atoms with Gasteiger partial charge in [0.25, 0.3) is 0 Å². The Morgan fingerprint density at radius 3 is 2.73 bits per heavy atom. The molecule has 3 rings (SSSR count). The third-order valence-electron chi connectivity index (χ3n) is 4.08. The van der Waals surface area contributed by atoms with Crippen molar-refractivity contribution in [1.29, 1.82) is 0 Å². The minimum Gasteiger partial charge on any atom is -0.444 e. The van der Waals surface area contributed by atoms with Gasteiger partial charge in [0.2, 0.25) is 11.6 Å². The molecular weight excluding hydrogens is 507 g/mol. The van der Waals surface area contributed by atoms with Crippen LogP contribution in [-0.4, -0.2) is 51.6 Å². The maximum absolute atomic E-state index is 13.7. The van der Waals surface area contributed by atoms with Gasteiger partial charge in [-0.25, -0.2) is 23.2 Å². The molecule has 0 aliphatic heterocycles. The molecule has 2 heterocycles. The van der Waals surface area contributed by atoms with E-state index in [-0.39, 0.29) is 27.5 Å². The zero-order valence-corrected chi connectivity index (χ0v) is 19.8. The Hall–Kier alpha value is -3.26. The summed E-state index contributed by atoms with van der Waals surface area (Å²) in [5.74, 6) is -1.33. The summed E-state index contributed by atoms with van der Waals surface area (Å²) in [4.78, 5) is 24.6. The van der Waals surface area contributed by atoms with Crippen molar-refractivity contribution in [1.82, 2.24) is 25.4 Å². The van der Waals surface area contributed by atoms with Crippen molar-refractivity contribution >= 4 is 27.8 Å². The molecule has 0 fully saturated rings.